The van der Waals surface area contributed by atoms with E-state index in [1.54, 1.807) is 36.4 Å². The lowest BCUT2D eigenvalue weighted by atomic mass is 10.2. The van der Waals surface area contributed by atoms with E-state index >= 15 is 0 Å². The number of benzene rings is 2. The SMILES string of the molecule is CCOc1ccc(N(CC(=O)N/N=C\c2cccs2)S(=O)(=O)c2ccc(C)cc2)cc1. The quantitative estimate of drug-likeness (QED) is 0.391. The van der Waals surface area contributed by atoms with Crippen molar-refractivity contribution in [3.05, 3.63) is 76.5 Å². The molecular weight excluding hydrogens is 434 g/mol. The van der Waals surface area contributed by atoms with Gasteiger partial charge < -0.3 is 4.74 Å². The fourth-order valence-electron chi connectivity index (χ4n) is 2.73. The van der Waals surface area contributed by atoms with Gasteiger partial charge >= 0.3 is 0 Å². The third-order valence-corrected chi connectivity index (χ3v) is 6.85. The molecule has 0 unspecified atom stereocenters. The van der Waals surface area contributed by atoms with E-state index in [0.717, 1.165) is 14.7 Å². The van der Waals surface area contributed by atoms with Gasteiger partial charge in [0.2, 0.25) is 0 Å². The highest BCUT2D eigenvalue weighted by Crippen LogP contribution is 2.26. The van der Waals surface area contributed by atoms with Gasteiger partial charge in [0.25, 0.3) is 15.9 Å². The van der Waals surface area contributed by atoms with E-state index in [2.05, 4.69) is 10.5 Å². The zero-order valence-corrected chi connectivity index (χ0v) is 18.8. The third-order valence-electron chi connectivity index (χ3n) is 4.26. The van der Waals surface area contributed by atoms with Gasteiger partial charge in [0.05, 0.1) is 23.4 Å². The van der Waals surface area contributed by atoms with E-state index in [1.165, 1.54) is 29.7 Å². The number of carbonyl (C=O) groups excluding carboxylic acids is 1. The molecule has 3 rings (SSSR count). The number of amides is 1. The zero-order valence-electron chi connectivity index (χ0n) is 17.2. The van der Waals surface area contributed by atoms with Gasteiger partial charge in [0.1, 0.15) is 12.3 Å². The van der Waals surface area contributed by atoms with Crippen LogP contribution in [0, 0.1) is 6.92 Å². The van der Waals surface area contributed by atoms with Gasteiger partial charge in [-0.2, -0.15) is 5.10 Å². The van der Waals surface area contributed by atoms with Gasteiger partial charge in [0.15, 0.2) is 0 Å². The molecule has 31 heavy (non-hydrogen) atoms. The Bertz CT molecular complexity index is 1120. The summed E-state index contributed by atoms with van der Waals surface area (Å²) in [5, 5.41) is 5.80. The highest BCUT2D eigenvalue weighted by Gasteiger charge is 2.27. The number of nitrogens with zero attached hydrogens (tertiary/aromatic N) is 2. The molecular formula is C22H23N3O4S2. The van der Waals surface area contributed by atoms with E-state index in [1.807, 2.05) is 31.4 Å². The molecule has 7 nitrogen and oxygen atoms in total. The Morgan fingerprint density at radius 3 is 2.45 bits per heavy atom. The van der Waals surface area contributed by atoms with Crippen molar-refractivity contribution < 1.29 is 17.9 Å². The molecule has 162 valence electrons. The highest BCUT2D eigenvalue weighted by atomic mass is 32.2. The molecule has 0 saturated carbocycles. The molecule has 0 fully saturated rings. The summed E-state index contributed by atoms with van der Waals surface area (Å²) in [5.41, 5.74) is 3.68. The average molecular weight is 458 g/mol. The fraction of sp³-hybridized carbons (Fsp3) is 0.182. The molecule has 1 amide bonds. The average Bonchev–Trinajstić information content (AvgIpc) is 3.27. The largest absolute Gasteiger partial charge is 0.494 e. The predicted octanol–water partition coefficient (Wildman–Crippen LogP) is 3.80. The van der Waals surface area contributed by atoms with Gasteiger partial charge in [-0.15, -0.1) is 11.3 Å². The van der Waals surface area contributed by atoms with Crippen LogP contribution in [0.2, 0.25) is 0 Å². The summed E-state index contributed by atoms with van der Waals surface area (Å²) in [6, 6.07) is 16.8. The number of aryl methyl sites for hydroxylation is 1. The first-order valence-electron chi connectivity index (χ1n) is 9.58. The number of nitrogens with one attached hydrogen (secondary N) is 1. The van der Waals surface area contributed by atoms with E-state index in [9.17, 15) is 13.2 Å². The van der Waals surface area contributed by atoms with Gasteiger partial charge in [-0.1, -0.05) is 23.8 Å². The number of carbonyl (C=O) groups is 1. The van der Waals surface area contributed by atoms with Crippen molar-refractivity contribution in [2.75, 3.05) is 17.5 Å². The van der Waals surface area contributed by atoms with Crippen LogP contribution in [0.4, 0.5) is 5.69 Å². The van der Waals surface area contributed by atoms with Crippen LogP contribution in [0.15, 0.2) is 76.0 Å². The number of hydrogen-bond acceptors (Lipinski definition) is 6. The van der Waals surface area contributed by atoms with Crippen LogP contribution >= 0.6 is 11.3 Å². The Hall–Kier alpha value is -3.17. The summed E-state index contributed by atoms with van der Waals surface area (Å²) < 4.78 is 33.1. The molecule has 1 aromatic heterocycles. The van der Waals surface area contributed by atoms with Crippen LogP contribution in [0.25, 0.3) is 0 Å². The molecule has 0 spiro atoms. The maximum absolute atomic E-state index is 13.3. The zero-order chi connectivity index (χ0) is 22.3. The van der Waals surface area contributed by atoms with Crippen LogP contribution in [0.5, 0.6) is 5.75 Å². The Balaban J connectivity index is 1.86. The second-order valence-corrected chi connectivity index (χ2v) is 9.40. The number of anilines is 1. The van der Waals surface area contributed by atoms with Crippen LogP contribution in [0.1, 0.15) is 17.4 Å². The minimum absolute atomic E-state index is 0.0990. The van der Waals surface area contributed by atoms with E-state index in [0.29, 0.717) is 18.0 Å². The first-order valence-corrected chi connectivity index (χ1v) is 11.9. The van der Waals surface area contributed by atoms with Gasteiger partial charge in [0, 0.05) is 4.88 Å². The Labute approximate surface area is 186 Å². The van der Waals surface area contributed by atoms with Crippen molar-refractivity contribution >= 4 is 39.2 Å². The lowest BCUT2D eigenvalue weighted by Gasteiger charge is -2.24. The summed E-state index contributed by atoms with van der Waals surface area (Å²) in [6.07, 6.45) is 1.51. The van der Waals surface area contributed by atoms with Crippen molar-refractivity contribution in [3.8, 4) is 5.75 Å². The molecule has 9 heteroatoms. The first-order chi connectivity index (χ1) is 14.9. The number of hydrazone groups is 1. The van der Waals surface area contributed by atoms with Crippen LogP contribution < -0.4 is 14.5 Å². The second kappa shape index (κ2) is 10.2. The number of rotatable bonds is 9. The topological polar surface area (TPSA) is 88.1 Å². The normalized spacial score (nSPS) is 11.4. The molecule has 1 N–H and O–H groups in total. The van der Waals surface area contributed by atoms with Crippen molar-refractivity contribution in [3.63, 3.8) is 0 Å². The molecule has 0 aliphatic heterocycles. The molecule has 0 bridgehead atoms. The van der Waals surface area contributed by atoms with E-state index in [-0.39, 0.29) is 4.90 Å². The van der Waals surface area contributed by atoms with Crippen molar-refractivity contribution in [1.82, 2.24) is 5.43 Å². The van der Waals surface area contributed by atoms with Crippen LogP contribution in [0.3, 0.4) is 0 Å². The summed E-state index contributed by atoms with van der Waals surface area (Å²) in [6.45, 7) is 3.81. The van der Waals surface area contributed by atoms with Crippen LogP contribution in [-0.2, 0) is 14.8 Å². The number of sulfonamides is 1. The van der Waals surface area contributed by atoms with Gasteiger partial charge in [-0.3, -0.25) is 9.10 Å². The number of thiophene rings is 1. The maximum Gasteiger partial charge on any atom is 0.264 e. The Morgan fingerprint density at radius 2 is 1.84 bits per heavy atom. The maximum atomic E-state index is 13.3. The minimum Gasteiger partial charge on any atom is -0.494 e. The lowest BCUT2D eigenvalue weighted by Crippen LogP contribution is -2.39. The molecule has 2 aromatic carbocycles. The van der Waals surface area contributed by atoms with Gasteiger partial charge in [-0.05, 0) is 61.7 Å². The molecule has 0 atom stereocenters. The molecule has 0 aliphatic rings. The summed E-state index contributed by atoms with van der Waals surface area (Å²) >= 11 is 1.47. The third kappa shape index (κ3) is 5.93. The molecule has 0 aliphatic carbocycles. The van der Waals surface area contributed by atoms with E-state index < -0.39 is 22.5 Å². The smallest absolute Gasteiger partial charge is 0.264 e. The molecule has 0 saturated heterocycles. The highest BCUT2D eigenvalue weighted by molar-refractivity contribution is 7.92. The van der Waals surface area contributed by atoms with Crippen molar-refractivity contribution in [2.45, 2.75) is 18.7 Å². The Morgan fingerprint density at radius 1 is 1.13 bits per heavy atom. The van der Waals surface area contributed by atoms with Gasteiger partial charge in [-0.25, -0.2) is 13.8 Å². The van der Waals surface area contributed by atoms with Crippen molar-refractivity contribution in [2.24, 2.45) is 5.10 Å². The number of hydrogen-bond donors (Lipinski definition) is 1. The lowest BCUT2D eigenvalue weighted by molar-refractivity contribution is -0.119. The second-order valence-electron chi connectivity index (χ2n) is 6.56. The molecule has 1 heterocycles. The molecule has 3 aromatic rings. The monoisotopic (exact) mass is 457 g/mol. The predicted molar refractivity (Wildman–Crippen MR) is 123 cm³/mol. The minimum atomic E-state index is -3.98. The van der Waals surface area contributed by atoms with Crippen LogP contribution in [-0.4, -0.2) is 33.7 Å². The standard InChI is InChI=1S/C22H23N3O4S2/c1-3-29-19-10-8-18(9-11-19)25(31(27,28)21-12-6-17(2)7-13-21)16-22(26)24-23-15-20-5-4-14-30-20/h4-15H,3,16H2,1-2H3,(H,24,26)/b23-15-. The summed E-state index contributed by atoms with van der Waals surface area (Å²) in [5.74, 6) is 0.0568. The number of ether oxygens (including phenoxy) is 1. The fourth-order valence-corrected chi connectivity index (χ4v) is 4.73. The first kappa shape index (κ1) is 22.5. The van der Waals surface area contributed by atoms with E-state index in [4.69, 9.17) is 4.74 Å². The summed E-state index contributed by atoms with van der Waals surface area (Å²) in [7, 11) is -3.98. The summed E-state index contributed by atoms with van der Waals surface area (Å²) in [4.78, 5) is 13.5. The molecule has 0 radical (unpaired) electrons. The van der Waals surface area contributed by atoms with Crippen molar-refractivity contribution in [1.29, 1.82) is 0 Å². The Kier molecular flexibility index (Phi) is 7.43.